The molecule has 0 aliphatic rings. The molecule has 0 aromatic carbocycles. The molecule has 0 aliphatic carbocycles. The minimum atomic E-state index is -0.487. The molecule has 0 saturated carbocycles. The maximum atomic E-state index is 10.8. The molecular formula is C9H15NO2. The number of carbonyl (C=O) groups excluding carboxylic acids is 1. The molecule has 2 N–H and O–H groups in total. The van der Waals surface area contributed by atoms with Crippen LogP contribution in [0.1, 0.15) is 20.8 Å². The fourth-order valence-electron chi connectivity index (χ4n) is 0.438. The fourth-order valence-corrected chi connectivity index (χ4v) is 0.438. The second kappa shape index (κ2) is 4.78. The minimum Gasteiger partial charge on any atom is -0.456 e. The summed E-state index contributed by atoms with van der Waals surface area (Å²) in [4.78, 5) is 10.8. The van der Waals surface area contributed by atoms with Crippen LogP contribution < -0.4 is 5.73 Å². The summed E-state index contributed by atoms with van der Waals surface area (Å²) in [6, 6.07) is 0. The molecule has 3 heteroatoms. The maximum absolute atomic E-state index is 10.8. The van der Waals surface area contributed by atoms with Crippen LogP contribution in [0.4, 0.5) is 0 Å². The maximum Gasteiger partial charge on any atom is 0.384 e. The van der Waals surface area contributed by atoms with E-state index in [4.69, 9.17) is 5.73 Å². The average Bonchev–Trinajstić information content (AvgIpc) is 2.02. The minimum absolute atomic E-state index is 0.313. The number of hydrogen-bond donors (Lipinski definition) is 1. The summed E-state index contributed by atoms with van der Waals surface area (Å²) >= 11 is 0. The third-order valence-electron chi connectivity index (χ3n) is 1.29. The van der Waals surface area contributed by atoms with Crippen LogP contribution in [0.3, 0.4) is 0 Å². The van der Waals surface area contributed by atoms with Crippen molar-refractivity contribution in [1.29, 1.82) is 0 Å². The van der Waals surface area contributed by atoms with Crippen LogP contribution in [0.2, 0.25) is 0 Å². The van der Waals surface area contributed by atoms with Crippen molar-refractivity contribution in [3.63, 3.8) is 0 Å². The van der Waals surface area contributed by atoms with Gasteiger partial charge in [-0.3, -0.25) is 0 Å². The topological polar surface area (TPSA) is 52.3 Å². The van der Waals surface area contributed by atoms with E-state index in [9.17, 15) is 4.79 Å². The SMILES string of the molecule is CCOC(=O)C#CC(C)(C)CN. The van der Waals surface area contributed by atoms with Gasteiger partial charge in [0.1, 0.15) is 0 Å². The van der Waals surface area contributed by atoms with Crippen molar-refractivity contribution in [1.82, 2.24) is 0 Å². The number of rotatable bonds is 2. The van der Waals surface area contributed by atoms with Crippen molar-refractivity contribution in [2.45, 2.75) is 20.8 Å². The standard InChI is InChI=1S/C9H15NO2/c1-4-12-8(11)5-6-9(2,3)7-10/h4,7,10H2,1-3H3. The normalized spacial score (nSPS) is 10.0. The summed E-state index contributed by atoms with van der Waals surface area (Å²) in [7, 11) is 0. The lowest BCUT2D eigenvalue weighted by Gasteiger charge is -2.12. The zero-order chi connectivity index (χ0) is 9.61. The molecule has 0 saturated heterocycles. The van der Waals surface area contributed by atoms with Crippen LogP contribution in [-0.2, 0) is 9.53 Å². The zero-order valence-corrected chi connectivity index (χ0v) is 7.81. The van der Waals surface area contributed by atoms with Gasteiger partial charge < -0.3 is 10.5 Å². The first-order valence-electron chi connectivity index (χ1n) is 3.92. The van der Waals surface area contributed by atoms with Gasteiger partial charge in [0.15, 0.2) is 0 Å². The van der Waals surface area contributed by atoms with Crippen molar-refractivity contribution in [3.05, 3.63) is 0 Å². The predicted octanol–water partition coefficient (Wildman–Crippen LogP) is 0.538. The van der Waals surface area contributed by atoms with Crippen LogP contribution in [0, 0.1) is 17.3 Å². The Bertz CT molecular complexity index is 210. The fraction of sp³-hybridized carbons (Fsp3) is 0.667. The Hall–Kier alpha value is -1.01. The van der Waals surface area contributed by atoms with Crippen LogP contribution in [0.15, 0.2) is 0 Å². The van der Waals surface area contributed by atoms with Crippen LogP contribution >= 0.6 is 0 Å². The van der Waals surface area contributed by atoms with Crippen molar-refractivity contribution >= 4 is 5.97 Å². The van der Waals surface area contributed by atoms with Gasteiger partial charge in [0.25, 0.3) is 0 Å². The molecule has 0 radical (unpaired) electrons. The van der Waals surface area contributed by atoms with Crippen molar-refractivity contribution < 1.29 is 9.53 Å². The number of carbonyl (C=O) groups is 1. The Morgan fingerprint density at radius 2 is 2.17 bits per heavy atom. The van der Waals surface area contributed by atoms with Crippen molar-refractivity contribution in [3.8, 4) is 11.8 Å². The smallest absolute Gasteiger partial charge is 0.384 e. The summed E-state index contributed by atoms with van der Waals surface area (Å²) in [5, 5.41) is 0. The van der Waals surface area contributed by atoms with Gasteiger partial charge in [-0.1, -0.05) is 5.92 Å². The van der Waals surface area contributed by atoms with E-state index in [1.165, 1.54) is 0 Å². The molecule has 0 spiro atoms. The van der Waals surface area contributed by atoms with E-state index in [0.29, 0.717) is 13.2 Å². The Morgan fingerprint density at radius 3 is 2.58 bits per heavy atom. The monoisotopic (exact) mass is 169 g/mol. The lowest BCUT2D eigenvalue weighted by molar-refractivity contribution is -0.136. The van der Waals surface area contributed by atoms with Gasteiger partial charge >= 0.3 is 5.97 Å². The van der Waals surface area contributed by atoms with Crippen molar-refractivity contribution in [2.75, 3.05) is 13.2 Å². The number of ether oxygens (including phenoxy) is 1. The highest BCUT2D eigenvalue weighted by molar-refractivity contribution is 5.88. The number of esters is 1. The Balaban J connectivity index is 4.11. The molecule has 0 bridgehead atoms. The molecule has 0 aromatic rings. The van der Waals surface area contributed by atoms with E-state index in [1.54, 1.807) is 6.92 Å². The predicted molar refractivity (Wildman–Crippen MR) is 47.2 cm³/mol. The van der Waals surface area contributed by atoms with E-state index in [0.717, 1.165) is 0 Å². The van der Waals surface area contributed by atoms with E-state index in [-0.39, 0.29) is 5.41 Å². The molecule has 0 rings (SSSR count). The van der Waals surface area contributed by atoms with Gasteiger partial charge in [-0.2, -0.15) is 0 Å². The number of nitrogens with two attached hydrogens (primary N) is 1. The highest BCUT2D eigenvalue weighted by Gasteiger charge is 2.10. The highest BCUT2D eigenvalue weighted by Crippen LogP contribution is 2.09. The molecule has 0 amide bonds. The molecule has 12 heavy (non-hydrogen) atoms. The van der Waals surface area contributed by atoms with Gasteiger partial charge in [-0.15, -0.1) is 0 Å². The van der Waals surface area contributed by atoms with E-state index in [2.05, 4.69) is 16.6 Å². The quantitative estimate of drug-likeness (QED) is 0.373. The molecule has 0 atom stereocenters. The van der Waals surface area contributed by atoms with Gasteiger partial charge in [0.05, 0.1) is 6.61 Å². The molecule has 0 aromatic heterocycles. The first kappa shape index (κ1) is 11.0. The lowest BCUT2D eigenvalue weighted by atomic mass is 9.95. The van der Waals surface area contributed by atoms with Crippen molar-refractivity contribution in [2.24, 2.45) is 11.1 Å². The summed E-state index contributed by atoms with van der Waals surface area (Å²) in [5.74, 6) is 4.64. The molecule has 0 fully saturated rings. The van der Waals surface area contributed by atoms with Gasteiger partial charge in [-0.05, 0) is 20.8 Å². The van der Waals surface area contributed by atoms with Crippen LogP contribution in [0.25, 0.3) is 0 Å². The second-order valence-corrected chi connectivity index (χ2v) is 3.06. The molecule has 0 unspecified atom stereocenters. The zero-order valence-electron chi connectivity index (χ0n) is 7.81. The third-order valence-corrected chi connectivity index (χ3v) is 1.29. The molecule has 0 heterocycles. The summed E-state index contributed by atoms with van der Waals surface area (Å²) in [6.07, 6.45) is 0. The Labute approximate surface area is 73.3 Å². The second-order valence-electron chi connectivity index (χ2n) is 3.06. The Kier molecular flexibility index (Phi) is 4.38. The highest BCUT2D eigenvalue weighted by atomic mass is 16.5. The molecule has 3 nitrogen and oxygen atoms in total. The first-order valence-corrected chi connectivity index (χ1v) is 3.92. The largest absolute Gasteiger partial charge is 0.456 e. The van der Waals surface area contributed by atoms with Gasteiger partial charge in [-0.25, -0.2) is 4.79 Å². The van der Waals surface area contributed by atoms with E-state index < -0.39 is 5.97 Å². The van der Waals surface area contributed by atoms with E-state index in [1.807, 2.05) is 13.8 Å². The van der Waals surface area contributed by atoms with E-state index >= 15 is 0 Å². The first-order chi connectivity index (χ1) is 5.52. The summed E-state index contributed by atoms with van der Waals surface area (Å²) in [5.41, 5.74) is 5.10. The van der Waals surface area contributed by atoms with Gasteiger partial charge in [0.2, 0.25) is 0 Å². The van der Waals surface area contributed by atoms with Crippen LogP contribution in [-0.4, -0.2) is 19.1 Å². The average molecular weight is 169 g/mol. The van der Waals surface area contributed by atoms with Gasteiger partial charge in [0, 0.05) is 17.9 Å². The third kappa shape index (κ3) is 4.75. The number of hydrogen-bond acceptors (Lipinski definition) is 3. The molecule has 68 valence electrons. The summed E-state index contributed by atoms with van der Waals surface area (Å²) < 4.78 is 4.63. The van der Waals surface area contributed by atoms with Crippen LogP contribution in [0.5, 0.6) is 0 Å². The lowest BCUT2D eigenvalue weighted by Crippen LogP contribution is -2.21. The summed E-state index contributed by atoms with van der Waals surface area (Å²) in [6.45, 7) is 6.28. The Morgan fingerprint density at radius 1 is 1.58 bits per heavy atom. The molecule has 0 aliphatic heterocycles. The molecular weight excluding hydrogens is 154 g/mol.